The summed E-state index contributed by atoms with van der Waals surface area (Å²) in [5.41, 5.74) is 1.05. The number of carbonyl (C=O) groups excluding carboxylic acids is 1. The molecular formula is C20H28N4O. The molecule has 0 radical (unpaired) electrons. The van der Waals surface area contributed by atoms with Crippen molar-refractivity contribution in [3.8, 4) is 0 Å². The van der Waals surface area contributed by atoms with Crippen LogP contribution in [0.2, 0.25) is 0 Å². The smallest absolute Gasteiger partial charge is 0.244 e. The van der Waals surface area contributed by atoms with E-state index in [1.807, 2.05) is 60.4 Å². The number of rotatable bonds is 5. The maximum absolute atomic E-state index is 13.3. The third-order valence-corrected chi connectivity index (χ3v) is 5.03. The number of hydrogen-bond acceptors (Lipinski definition) is 3. The number of benzene rings is 1. The highest BCUT2D eigenvalue weighted by Gasteiger charge is 2.32. The van der Waals surface area contributed by atoms with Crippen LogP contribution in [-0.4, -0.2) is 52.4 Å². The van der Waals surface area contributed by atoms with Gasteiger partial charge in [-0.1, -0.05) is 37.3 Å². The van der Waals surface area contributed by atoms with Gasteiger partial charge >= 0.3 is 0 Å². The number of piperidine rings is 1. The van der Waals surface area contributed by atoms with Crippen LogP contribution in [0.15, 0.2) is 42.7 Å². The van der Waals surface area contributed by atoms with Crippen molar-refractivity contribution in [1.29, 1.82) is 0 Å². The molecule has 3 rings (SSSR count). The first-order chi connectivity index (χ1) is 12.1. The van der Waals surface area contributed by atoms with Gasteiger partial charge in [0, 0.05) is 31.9 Å². The van der Waals surface area contributed by atoms with Gasteiger partial charge in [0.15, 0.2) is 0 Å². The molecule has 1 aliphatic heterocycles. The van der Waals surface area contributed by atoms with Gasteiger partial charge < -0.3 is 9.47 Å². The first-order valence-electron chi connectivity index (χ1n) is 9.13. The maximum atomic E-state index is 13.3. The standard InChI is InChI=1S/C20H28N4O/c1-4-18-21-12-14-24(18)17-11-8-13-23(15-17)20(25)19(22(2)3)16-9-6-5-7-10-16/h5-7,9-10,12,14,17,19H,4,8,11,13,15H2,1-3H3/t17-,19+/m1/s1. The Balaban J connectivity index is 1.79. The molecule has 1 aromatic carbocycles. The molecule has 2 aromatic rings. The number of hydrogen-bond donors (Lipinski definition) is 0. The average molecular weight is 340 g/mol. The number of carbonyl (C=O) groups is 1. The van der Waals surface area contributed by atoms with Gasteiger partial charge in [-0.15, -0.1) is 0 Å². The van der Waals surface area contributed by atoms with Crippen molar-refractivity contribution in [2.45, 2.75) is 38.3 Å². The Morgan fingerprint density at radius 1 is 1.32 bits per heavy atom. The summed E-state index contributed by atoms with van der Waals surface area (Å²) in [4.78, 5) is 21.8. The number of aryl methyl sites for hydroxylation is 1. The van der Waals surface area contributed by atoms with Crippen LogP contribution in [0.4, 0.5) is 0 Å². The zero-order chi connectivity index (χ0) is 17.8. The van der Waals surface area contributed by atoms with Gasteiger partial charge in [-0.05, 0) is 32.5 Å². The Hall–Kier alpha value is -2.14. The van der Waals surface area contributed by atoms with E-state index in [1.165, 1.54) is 0 Å². The second-order valence-electron chi connectivity index (χ2n) is 6.96. The van der Waals surface area contributed by atoms with E-state index in [0.717, 1.165) is 43.7 Å². The third-order valence-electron chi connectivity index (χ3n) is 5.03. The van der Waals surface area contributed by atoms with Crippen LogP contribution in [0.5, 0.6) is 0 Å². The molecule has 5 nitrogen and oxygen atoms in total. The molecule has 25 heavy (non-hydrogen) atoms. The highest BCUT2D eigenvalue weighted by Crippen LogP contribution is 2.27. The molecule has 1 saturated heterocycles. The summed E-state index contributed by atoms with van der Waals surface area (Å²) >= 11 is 0. The highest BCUT2D eigenvalue weighted by molar-refractivity contribution is 5.83. The van der Waals surface area contributed by atoms with Crippen LogP contribution >= 0.6 is 0 Å². The number of imidazole rings is 1. The van der Waals surface area contributed by atoms with Crippen LogP contribution in [0, 0.1) is 0 Å². The SMILES string of the molecule is CCc1nccn1[C@@H]1CCCN(C(=O)[C@H](c2ccccc2)N(C)C)C1. The zero-order valence-corrected chi connectivity index (χ0v) is 15.4. The molecule has 1 amide bonds. The number of nitrogens with zero attached hydrogens (tertiary/aromatic N) is 4. The fraction of sp³-hybridized carbons (Fsp3) is 0.500. The highest BCUT2D eigenvalue weighted by atomic mass is 16.2. The van der Waals surface area contributed by atoms with E-state index in [4.69, 9.17) is 0 Å². The van der Waals surface area contributed by atoms with Gasteiger partial charge in [0.05, 0.1) is 6.04 Å². The zero-order valence-electron chi connectivity index (χ0n) is 15.4. The first-order valence-corrected chi connectivity index (χ1v) is 9.13. The van der Waals surface area contributed by atoms with Gasteiger partial charge in [-0.25, -0.2) is 4.98 Å². The van der Waals surface area contributed by atoms with Gasteiger partial charge in [0.1, 0.15) is 11.9 Å². The Labute approximate surface area is 150 Å². The predicted molar refractivity (Wildman–Crippen MR) is 99.3 cm³/mol. The van der Waals surface area contributed by atoms with Crippen molar-refractivity contribution in [1.82, 2.24) is 19.4 Å². The van der Waals surface area contributed by atoms with Gasteiger partial charge in [0.2, 0.25) is 5.91 Å². The monoisotopic (exact) mass is 340 g/mol. The van der Waals surface area contributed by atoms with Gasteiger partial charge in [-0.2, -0.15) is 0 Å². The molecule has 5 heteroatoms. The Morgan fingerprint density at radius 3 is 2.76 bits per heavy atom. The summed E-state index contributed by atoms with van der Waals surface area (Å²) < 4.78 is 2.26. The van der Waals surface area contributed by atoms with Crippen molar-refractivity contribution in [3.05, 3.63) is 54.1 Å². The summed E-state index contributed by atoms with van der Waals surface area (Å²) in [6.07, 6.45) is 6.98. The molecule has 0 bridgehead atoms. The van der Waals surface area contributed by atoms with Gasteiger partial charge in [-0.3, -0.25) is 9.69 Å². The third kappa shape index (κ3) is 3.76. The van der Waals surface area contributed by atoms with Crippen molar-refractivity contribution >= 4 is 5.91 Å². The minimum absolute atomic E-state index is 0.194. The molecule has 1 aliphatic rings. The normalized spacial score (nSPS) is 19.2. The number of likely N-dealkylation sites (N-methyl/N-ethyl adjacent to an activating group) is 1. The van der Waals surface area contributed by atoms with E-state index in [2.05, 4.69) is 22.7 Å². The molecule has 134 valence electrons. The van der Waals surface area contributed by atoms with Crippen LogP contribution in [0.1, 0.15) is 43.2 Å². The number of amides is 1. The Morgan fingerprint density at radius 2 is 2.08 bits per heavy atom. The van der Waals surface area contributed by atoms with E-state index in [0.29, 0.717) is 6.04 Å². The number of likely N-dealkylation sites (tertiary alicyclic amines) is 1. The Bertz CT molecular complexity index is 695. The molecule has 1 fully saturated rings. The predicted octanol–water partition coefficient (Wildman–Crippen LogP) is 2.91. The Kier molecular flexibility index (Phi) is 5.53. The van der Waals surface area contributed by atoms with E-state index in [9.17, 15) is 4.79 Å². The van der Waals surface area contributed by atoms with Crippen LogP contribution in [-0.2, 0) is 11.2 Å². The molecule has 0 N–H and O–H groups in total. The molecular weight excluding hydrogens is 312 g/mol. The summed E-state index contributed by atoms with van der Waals surface area (Å²) in [6.45, 7) is 3.73. The lowest BCUT2D eigenvalue weighted by atomic mass is 10.0. The summed E-state index contributed by atoms with van der Waals surface area (Å²) in [7, 11) is 3.95. The fourth-order valence-electron chi connectivity index (χ4n) is 3.80. The summed E-state index contributed by atoms with van der Waals surface area (Å²) in [5, 5.41) is 0. The molecule has 2 atom stereocenters. The number of aromatic nitrogens is 2. The summed E-state index contributed by atoms with van der Waals surface area (Å²) in [5.74, 6) is 1.30. The van der Waals surface area contributed by atoms with E-state index in [1.54, 1.807) is 0 Å². The lowest BCUT2D eigenvalue weighted by molar-refractivity contribution is -0.138. The maximum Gasteiger partial charge on any atom is 0.244 e. The van der Waals surface area contributed by atoms with E-state index < -0.39 is 0 Å². The van der Waals surface area contributed by atoms with E-state index >= 15 is 0 Å². The summed E-state index contributed by atoms with van der Waals surface area (Å²) in [6, 6.07) is 10.2. The first kappa shape index (κ1) is 17.7. The van der Waals surface area contributed by atoms with Crippen LogP contribution in [0.25, 0.3) is 0 Å². The lowest BCUT2D eigenvalue weighted by Crippen LogP contribution is -2.46. The minimum atomic E-state index is -0.228. The van der Waals surface area contributed by atoms with Crippen molar-refractivity contribution in [3.63, 3.8) is 0 Å². The lowest BCUT2D eigenvalue weighted by Gasteiger charge is -2.37. The van der Waals surface area contributed by atoms with Crippen LogP contribution in [0.3, 0.4) is 0 Å². The molecule has 2 heterocycles. The topological polar surface area (TPSA) is 41.4 Å². The molecule has 0 saturated carbocycles. The molecule has 0 spiro atoms. The minimum Gasteiger partial charge on any atom is -0.339 e. The van der Waals surface area contributed by atoms with Crippen molar-refractivity contribution in [2.24, 2.45) is 0 Å². The molecule has 0 unspecified atom stereocenters. The second-order valence-corrected chi connectivity index (χ2v) is 6.96. The van der Waals surface area contributed by atoms with Crippen molar-refractivity contribution in [2.75, 3.05) is 27.2 Å². The quantitative estimate of drug-likeness (QED) is 0.840. The van der Waals surface area contributed by atoms with Crippen molar-refractivity contribution < 1.29 is 4.79 Å². The molecule has 1 aromatic heterocycles. The second kappa shape index (κ2) is 7.83. The van der Waals surface area contributed by atoms with E-state index in [-0.39, 0.29) is 11.9 Å². The average Bonchev–Trinajstić information content (AvgIpc) is 3.11. The molecule has 0 aliphatic carbocycles. The van der Waals surface area contributed by atoms with Crippen LogP contribution < -0.4 is 0 Å². The fourth-order valence-corrected chi connectivity index (χ4v) is 3.80. The van der Waals surface area contributed by atoms with Gasteiger partial charge in [0.25, 0.3) is 0 Å². The largest absolute Gasteiger partial charge is 0.339 e.